The number of nitrogens with one attached hydrogen (secondary N) is 1. The average molecular weight is 389 g/mol. The van der Waals surface area contributed by atoms with Gasteiger partial charge >= 0.3 is 0 Å². The van der Waals surface area contributed by atoms with Gasteiger partial charge < -0.3 is 9.88 Å². The molecule has 3 aromatic rings. The van der Waals surface area contributed by atoms with Gasteiger partial charge in [-0.05, 0) is 6.07 Å². The zero-order valence-electron chi connectivity index (χ0n) is 14.0. The van der Waals surface area contributed by atoms with E-state index in [1.807, 2.05) is 30.3 Å². The van der Waals surface area contributed by atoms with Crippen LogP contribution in [0.5, 0.6) is 0 Å². The third-order valence-electron chi connectivity index (χ3n) is 4.33. The van der Waals surface area contributed by atoms with E-state index >= 15 is 0 Å². The number of amides is 1. The molecule has 1 fully saturated rings. The molecule has 1 atom stereocenters. The van der Waals surface area contributed by atoms with Crippen molar-refractivity contribution in [2.24, 2.45) is 0 Å². The minimum Gasteiger partial charge on any atom is -0.339 e. The van der Waals surface area contributed by atoms with Gasteiger partial charge in [-0.25, -0.2) is 18.2 Å². The van der Waals surface area contributed by atoms with Crippen LogP contribution in [0.3, 0.4) is 0 Å². The highest BCUT2D eigenvalue weighted by atomic mass is 32.2. The molecular weight excluding hydrogens is 375 g/mol. The molecule has 2 heterocycles. The second kappa shape index (κ2) is 7.11. The maximum atomic E-state index is 14.0. The van der Waals surface area contributed by atoms with E-state index in [0.717, 1.165) is 17.7 Å². The number of hydrogen-bond acceptors (Lipinski definition) is 3. The van der Waals surface area contributed by atoms with Crippen LogP contribution in [-0.2, 0) is 11.3 Å². The minimum atomic E-state index is -1.53. The van der Waals surface area contributed by atoms with E-state index < -0.39 is 22.8 Å². The number of halogens is 3. The Balaban J connectivity index is 1.61. The van der Waals surface area contributed by atoms with Crippen molar-refractivity contribution in [3.63, 3.8) is 0 Å². The number of aromatic amines is 1. The van der Waals surface area contributed by atoms with Crippen LogP contribution < -0.4 is 0 Å². The van der Waals surface area contributed by atoms with Crippen LogP contribution in [0, 0.1) is 17.5 Å². The summed E-state index contributed by atoms with van der Waals surface area (Å²) in [7, 11) is 0. The molecule has 0 bridgehead atoms. The molecule has 2 aromatic carbocycles. The fourth-order valence-electron chi connectivity index (χ4n) is 2.96. The number of benzene rings is 2. The molecular formula is C19H14F3N3OS. The van der Waals surface area contributed by atoms with Gasteiger partial charge in [-0.2, -0.15) is 0 Å². The van der Waals surface area contributed by atoms with Gasteiger partial charge in [0.25, 0.3) is 0 Å². The van der Waals surface area contributed by atoms with Gasteiger partial charge in [0.1, 0.15) is 11.2 Å². The molecule has 1 aromatic heterocycles. The molecule has 27 heavy (non-hydrogen) atoms. The molecule has 1 N–H and O–H groups in total. The molecule has 1 saturated heterocycles. The molecule has 0 spiro atoms. The molecule has 138 valence electrons. The van der Waals surface area contributed by atoms with Gasteiger partial charge in [0.15, 0.2) is 17.5 Å². The summed E-state index contributed by atoms with van der Waals surface area (Å²) < 4.78 is 40.7. The molecule has 4 rings (SSSR count). The van der Waals surface area contributed by atoms with E-state index in [1.165, 1.54) is 16.7 Å². The number of thioether (sulfide) groups is 1. The summed E-state index contributed by atoms with van der Waals surface area (Å²) in [5, 5.41) is -0.407. The van der Waals surface area contributed by atoms with Crippen LogP contribution in [-0.4, -0.2) is 26.5 Å². The summed E-state index contributed by atoms with van der Waals surface area (Å²) in [6.45, 7) is -0.154. The van der Waals surface area contributed by atoms with E-state index in [2.05, 4.69) is 9.97 Å². The standard InChI is InChI=1S/C19H14F3N3OS/c20-13-7-6-12(16(21)17(13)22)9-25-15(26)10-27-19(25)14-8-23-18(24-14)11-4-2-1-3-5-11/h1-8,19H,9-10H2,(H,23,24). The van der Waals surface area contributed by atoms with Crippen LogP contribution in [0.1, 0.15) is 16.6 Å². The van der Waals surface area contributed by atoms with Gasteiger partial charge in [-0.3, -0.25) is 4.79 Å². The number of rotatable bonds is 4. The predicted molar refractivity (Wildman–Crippen MR) is 96.1 cm³/mol. The minimum absolute atomic E-state index is 0.0717. The SMILES string of the molecule is O=C1CSC(c2cnc(-c3ccccc3)[nH]2)N1Cc1ccc(F)c(F)c1F. The van der Waals surface area contributed by atoms with E-state index in [1.54, 1.807) is 6.20 Å². The lowest BCUT2D eigenvalue weighted by Crippen LogP contribution is -2.28. The van der Waals surface area contributed by atoms with Crippen molar-refractivity contribution in [2.45, 2.75) is 11.9 Å². The van der Waals surface area contributed by atoms with Crippen molar-refractivity contribution in [3.05, 3.63) is 77.4 Å². The topological polar surface area (TPSA) is 49.0 Å². The zero-order chi connectivity index (χ0) is 19.0. The first-order chi connectivity index (χ1) is 13.0. The van der Waals surface area contributed by atoms with Crippen molar-refractivity contribution in [1.29, 1.82) is 0 Å². The van der Waals surface area contributed by atoms with E-state index in [0.29, 0.717) is 11.5 Å². The van der Waals surface area contributed by atoms with Crippen molar-refractivity contribution < 1.29 is 18.0 Å². The summed E-state index contributed by atoms with van der Waals surface area (Å²) in [5.74, 6) is -3.38. The van der Waals surface area contributed by atoms with Gasteiger partial charge in [-0.1, -0.05) is 36.4 Å². The van der Waals surface area contributed by atoms with Crippen molar-refractivity contribution in [3.8, 4) is 11.4 Å². The summed E-state index contributed by atoms with van der Waals surface area (Å²) in [6.07, 6.45) is 1.63. The highest BCUT2D eigenvalue weighted by molar-refractivity contribution is 8.00. The number of H-pyrrole nitrogens is 1. The number of aromatic nitrogens is 2. The van der Waals surface area contributed by atoms with Gasteiger partial charge in [0, 0.05) is 11.1 Å². The second-order valence-electron chi connectivity index (χ2n) is 6.07. The smallest absolute Gasteiger partial charge is 0.234 e. The molecule has 1 amide bonds. The van der Waals surface area contributed by atoms with Gasteiger partial charge in [0.05, 0.1) is 24.2 Å². The molecule has 0 saturated carbocycles. The molecule has 1 aliphatic rings. The Labute approximate surface area is 157 Å². The Morgan fingerprint density at radius 1 is 1.11 bits per heavy atom. The number of carbonyl (C=O) groups is 1. The Hall–Kier alpha value is -2.74. The third-order valence-corrected chi connectivity index (χ3v) is 5.57. The van der Waals surface area contributed by atoms with E-state index in [9.17, 15) is 18.0 Å². The maximum absolute atomic E-state index is 14.0. The number of nitrogens with zero attached hydrogens (tertiary/aromatic N) is 2. The quantitative estimate of drug-likeness (QED) is 0.678. The van der Waals surface area contributed by atoms with Crippen LogP contribution in [0.2, 0.25) is 0 Å². The molecule has 0 radical (unpaired) electrons. The molecule has 8 heteroatoms. The average Bonchev–Trinajstić information content (AvgIpc) is 3.30. The Bertz CT molecular complexity index is 993. The largest absolute Gasteiger partial charge is 0.339 e. The summed E-state index contributed by atoms with van der Waals surface area (Å²) >= 11 is 1.37. The number of imidazole rings is 1. The van der Waals surface area contributed by atoms with E-state index in [4.69, 9.17) is 0 Å². The normalized spacial score (nSPS) is 16.9. The number of carbonyl (C=O) groups excluding carboxylic acids is 1. The molecule has 4 nitrogen and oxygen atoms in total. The van der Waals surface area contributed by atoms with Crippen LogP contribution in [0.25, 0.3) is 11.4 Å². The molecule has 0 aliphatic carbocycles. The first-order valence-corrected chi connectivity index (χ1v) is 9.23. The summed E-state index contributed by atoms with van der Waals surface area (Å²) in [6, 6.07) is 11.5. The van der Waals surface area contributed by atoms with E-state index in [-0.39, 0.29) is 23.8 Å². The lowest BCUT2D eigenvalue weighted by molar-refractivity contribution is -0.128. The summed E-state index contributed by atoms with van der Waals surface area (Å²) in [5.41, 5.74) is 1.52. The van der Waals surface area contributed by atoms with Gasteiger partial charge in [0.2, 0.25) is 5.91 Å². The Morgan fingerprint density at radius 3 is 2.67 bits per heavy atom. The second-order valence-corrected chi connectivity index (χ2v) is 7.14. The van der Waals surface area contributed by atoms with Gasteiger partial charge in [-0.15, -0.1) is 11.8 Å². The zero-order valence-corrected chi connectivity index (χ0v) is 14.8. The fraction of sp³-hybridized carbons (Fsp3) is 0.158. The van der Waals surface area contributed by atoms with Crippen molar-refractivity contribution in [2.75, 3.05) is 5.75 Å². The van der Waals surface area contributed by atoms with Crippen molar-refractivity contribution in [1.82, 2.24) is 14.9 Å². The first kappa shape index (κ1) is 17.7. The first-order valence-electron chi connectivity index (χ1n) is 8.18. The lowest BCUT2D eigenvalue weighted by atomic mass is 10.1. The molecule has 1 unspecified atom stereocenters. The van der Waals surface area contributed by atoms with Crippen molar-refractivity contribution >= 4 is 17.7 Å². The van der Waals surface area contributed by atoms with Crippen LogP contribution >= 0.6 is 11.8 Å². The predicted octanol–water partition coefficient (Wildman–Crippen LogP) is 4.27. The van der Waals surface area contributed by atoms with Crippen LogP contribution in [0.4, 0.5) is 13.2 Å². The maximum Gasteiger partial charge on any atom is 0.234 e. The Kier molecular flexibility index (Phi) is 4.65. The molecule has 1 aliphatic heterocycles. The monoisotopic (exact) mass is 389 g/mol. The van der Waals surface area contributed by atoms with Crippen LogP contribution in [0.15, 0.2) is 48.7 Å². The lowest BCUT2D eigenvalue weighted by Gasteiger charge is -2.23. The highest BCUT2D eigenvalue weighted by Crippen LogP contribution is 2.39. The highest BCUT2D eigenvalue weighted by Gasteiger charge is 2.35. The fourth-order valence-corrected chi connectivity index (χ4v) is 4.10. The third kappa shape index (κ3) is 3.32. The number of hydrogen-bond donors (Lipinski definition) is 1. The Morgan fingerprint density at radius 2 is 1.89 bits per heavy atom. The summed E-state index contributed by atoms with van der Waals surface area (Å²) in [4.78, 5) is 21.3.